The summed E-state index contributed by atoms with van der Waals surface area (Å²) >= 11 is 0. The summed E-state index contributed by atoms with van der Waals surface area (Å²) in [4.78, 5) is 2.22. The first-order valence-corrected chi connectivity index (χ1v) is 5.78. The van der Waals surface area contributed by atoms with Gasteiger partial charge in [0.25, 0.3) is 0 Å². The van der Waals surface area contributed by atoms with Crippen molar-refractivity contribution < 1.29 is 14.6 Å². The summed E-state index contributed by atoms with van der Waals surface area (Å²) < 4.78 is 11.4. The van der Waals surface area contributed by atoms with Crippen LogP contribution in [0.2, 0.25) is 0 Å². The van der Waals surface area contributed by atoms with Crippen molar-refractivity contribution in [3.05, 3.63) is 0 Å². The van der Waals surface area contributed by atoms with Crippen LogP contribution in [0.5, 0.6) is 0 Å². The summed E-state index contributed by atoms with van der Waals surface area (Å²) in [6.45, 7) is 6.51. The Morgan fingerprint density at radius 1 is 1.27 bits per heavy atom. The van der Waals surface area contributed by atoms with E-state index in [1.807, 2.05) is 13.8 Å². The second kappa shape index (κ2) is 6.43. The van der Waals surface area contributed by atoms with Gasteiger partial charge in [-0.1, -0.05) is 0 Å². The van der Waals surface area contributed by atoms with Crippen LogP contribution >= 0.6 is 0 Å². The molecule has 0 aromatic rings. The lowest BCUT2D eigenvalue weighted by atomic mass is 10.1. The summed E-state index contributed by atoms with van der Waals surface area (Å²) in [6, 6.07) is 0.284. The number of hydrogen-bond donors (Lipinski definition) is 1. The Labute approximate surface area is 92.2 Å². The van der Waals surface area contributed by atoms with E-state index in [2.05, 4.69) is 11.9 Å². The predicted molar refractivity (Wildman–Crippen MR) is 58.9 cm³/mol. The van der Waals surface area contributed by atoms with Crippen LogP contribution in [-0.2, 0) is 9.47 Å². The molecule has 1 heterocycles. The Morgan fingerprint density at radius 2 is 1.93 bits per heavy atom. The molecule has 15 heavy (non-hydrogen) atoms. The van der Waals surface area contributed by atoms with Crippen molar-refractivity contribution in [2.24, 2.45) is 0 Å². The number of likely N-dealkylation sites (tertiary alicyclic amines) is 1. The molecule has 90 valence electrons. The van der Waals surface area contributed by atoms with Gasteiger partial charge in [-0.2, -0.15) is 0 Å². The average Bonchev–Trinajstić information content (AvgIpc) is 2.48. The van der Waals surface area contributed by atoms with Gasteiger partial charge in [-0.05, 0) is 27.3 Å². The first-order valence-electron chi connectivity index (χ1n) is 5.78. The third-order valence-corrected chi connectivity index (χ3v) is 2.94. The molecule has 0 aromatic heterocycles. The Kier molecular flexibility index (Phi) is 5.53. The van der Waals surface area contributed by atoms with Gasteiger partial charge in [0.05, 0.1) is 6.10 Å². The van der Waals surface area contributed by atoms with Gasteiger partial charge in [0.2, 0.25) is 0 Å². The molecule has 0 radical (unpaired) electrons. The fourth-order valence-electron chi connectivity index (χ4n) is 2.31. The smallest absolute Gasteiger partial charge is 0.100 e. The van der Waals surface area contributed by atoms with Gasteiger partial charge in [-0.3, -0.25) is 4.90 Å². The van der Waals surface area contributed by atoms with Crippen molar-refractivity contribution >= 4 is 0 Å². The fourth-order valence-corrected chi connectivity index (χ4v) is 2.31. The molecule has 0 aliphatic carbocycles. The monoisotopic (exact) mass is 217 g/mol. The molecule has 1 aliphatic heterocycles. The molecule has 0 spiro atoms. The molecule has 4 heteroatoms. The van der Waals surface area contributed by atoms with Gasteiger partial charge in [0.15, 0.2) is 0 Å². The largest absolute Gasteiger partial charge is 0.396 e. The molecule has 1 N–H and O–H groups in total. The van der Waals surface area contributed by atoms with Crippen LogP contribution in [0.1, 0.15) is 20.3 Å². The van der Waals surface area contributed by atoms with Gasteiger partial charge in [0.1, 0.15) is 6.10 Å². The second-order valence-electron chi connectivity index (χ2n) is 3.93. The van der Waals surface area contributed by atoms with Crippen LogP contribution in [0.15, 0.2) is 0 Å². The SMILES string of the molecule is CCO[C@@H]1CN(C)C(CCO)[C@@H]1OCC. The van der Waals surface area contributed by atoms with E-state index in [1.54, 1.807) is 0 Å². The lowest BCUT2D eigenvalue weighted by molar-refractivity contribution is -0.0536. The van der Waals surface area contributed by atoms with Crippen molar-refractivity contribution in [1.29, 1.82) is 0 Å². The van der Waals surface area contributed by atoms with Gasteiger partial charge in [-0.15, -0.1) is 0 Å². The van der Waals surface area contributed by atoms with Crippen LogP contribution in [0, 0.1) is 0 Å². The number of nitrogens with zero attached hydrogens (tertiary/aromatic N) is 1. The van der Waals surface area contributed by atoms with Crippen LogP contribution in [-0.4, -0.2) is 61.7 Å². The molecule has 4 nitrogen and oxygen atoms in total. The van der Waals surface area contributed by atoms with Crippen LogP contribution in [0.4, 0.5) is 0 Å². The van der Waals surface area contributed by atoms with Gasteiger partial charge >= 0.3 is 0 Å². The molecule has 0 aromatic carbocycles. The average molecular weight is 217 g/mol. The summed E-state index contributed by atoms with van der Waals surface area (Å²) in [5.74, 6) is 0. The maximum atomic E-state index is 9.02. The molecule has 1 rings (SSSR count). The molecular formula is C11H23NO3. The topological polar surface area (TPSA) is 41.9 Å². The number of rotatable bonds is 6. The first-order chi connectivity index (χ1) is 7.24. The number of likely N-dealkylation sites (N-methyl/N-ethyl adjacent to an activating group) is 1. The van der Waals surface area contributed by atoms with Crippen molar-refractivity contribution in [2.45, 2.75) is 38.5 Å². The lowest BCUT2D eigenvalue weighted by Crippen LogP contribution is -2.38. The third-order valence-electron chi connectivity index (χ3n) is 2.94. The molecular weight excluding hydrogens is 194 g/mol. The zero-order valence-corrected chi connectivity index (χ0v) is 9.98. The summed E-state index contributed by atoms with van der Waals surface area (Å²) in [5, 5.41) is 9.02. The maximum absolute atomic E-state index is 9.02. The Bertz CT molecular complexity index is 177. The van der Waals surface area contributed by atoms with Crippen molar-refractivity contribution in [3.63, 3.8) is 0 Å². The molecule has 0 saturated carbocycles. The highest BCUT2D eigenvalue weighted by atomic mass is 16.5. The quantitative estimate of drug-likeness (QED) is 0.703. The Balaban J connectivity index is 2.59. The zero-order chi connectivity index (χ0) is 11.3. The minimum Gasteiger partial charge on any atom is -0.396 e. The molecule has 1 saturated heterocycles. The number of hydrogen-bond acceptors (Lipinski definition) is 4. The van der Waals surface area contributed by atoms with E-state index in [-0.39, 0.29) is 24.9 Å². The highest BCUT2D eigenvalue weighted by Crippen LogP contribution is 2.24. The maximum Gasteiger partial charge on any atom is 0.100 e. The van der Waals surface area contributed by atoms with Crippen molar-refractivity contribution in [1.82, 2.24) is 4.90 Å². The van der Waals surface area contributed by atoms with Gasteiger partial charge < -0.3 is 14.6 Å². The predicted octanol–water partition coefficient (Wildman–Crippen LogP) is 0.493. The number of ether oxygens (including phenoxy) is 2. The third kappa shape index (κ3) is 3.14. The second-order valence-corrected chi connectivity index (χ2v) is 3.93. The molecule has 3 atom stereocenters. The van der Waals surface area contributed by atoms with Gasteiger partial charge in [0, 0.05) is 32.4 Å². The van der Waals surface area contributed by atoms with E-state index < -0.39 is 0 Å². The number of aliphatic hydroxyl groups excluding tert-OH is 1. The Morgan fingerprint density at radius 3 is 2.47 bits per heavy atom. The molecule has 1 unspecified atom stereocenters. The molecule has 1 fully saturated rings. The van der Waals surface area contributed by atoms with E-state index in [4.69, 9.17) is 14.6 Å². The standard InChI is InChI=1S/C11H23NO3/c1-4-14-10-8-12(3)9(6-7-13)11(10)15-5-2/h9-11,13H,4-8H2,1-3H3/t9?,10-,11+/m1/s1. The fraction of sp³-hybridized carbons (Fsp3) is 1.00. The van der Waals surface area contributed by atoms with Crippen LogP contribution < -0.4 is 0 Å². The van der Waals surface area contributed by atoms with E-state index in [0.29, 0.717) is 13.2 Å². The summed E-state index contributed by atoms with van der Waals surface area (Å²) in [6.07, 6.45) is 1.01. The summed E-state index contributed by atoms with van der Waals surface area (Å²) in [5.41, 5.74) is 0. The van der Waals surface area contributed by atoms with Crippen molar-refractivity contribution in [2.75, 3.05) is 33.4 Å². The van der Waals surface area contributed by atoms with E-state index >= 15 is 0 Å². The first kappa shape index (κ1) is 12.9. The van der Waals surface area contributed by atoms with E-state index in [0.717, 1.165) is 13.0 Å². The Hall–Kier alpha value is -0.160. The van der Waals surface area contributed by atoms with E-state index in [1.165, 1.54) is 0 Å². The van der Waals surface area contributed by atoms with Gasteiger partial charge in [-0.25, -0.2) is 0 Å². The van der Waals surface area contributed by atoms with Crippen molar-refractivity contribution in [3.8, 4) is 0 Å². The minimum atomic E-state index is 0.104. The normalized spacial score (nSPS) is 32.4. The zero-order valence-electron chi connectivity index (χ0n) is 9.98. The highest BCUT2D eigenvalue weighted by molar-refractivity contribution is 4.93. The minimum absolute atomic E-state index is 0.104. The highest BCUT2D eigenvalue weighted by Gasteiger charge is 2.40. The van der Waals surface area contributed by atoms with Crippen LogP contribution in [0.25, 0.3) is 0 Å². The number of aliphatic hydroxyl groups is 1. The molecule has 0 amide bonds. The van der Waals surface area contributed by atoms with E-state index in [9.17, 15) is 0 Å². The molecule has 0 bridgehead atoms. The lowest BCUT2D eigenvalue weighted by Gasteiger charge is -2.25. The summed E-state index contributed by atoms with van der Waals surface area (Å²) in [7, 11) is 2.06. The molecule has 1 aliphatic rings. The van der Waals surface area contributed by atoms with Crippen LogP contribution in [0.3, 0.4) is 0 Å².